The molecule has 3 rings (SSSR count). The maximum absolute atomic E-state index is 9.78. The highest BCUT2D eigenvalue weighted by Gasteiger charge is 2.18. The van der Waals surface area contributed by atoms with Gasteiger partial charge in [-0.3, -0.25) is 9.80 Å². The van der Waals surface area contributed by atoms with E-state index in [0.29, 0.717) is 0 Å². The van der Waals surface area contributed by atoms with Crippen molar-refractivity contribution in [1.82, 2.24) is 14.7 Å². The largest absolute Gasteiger partial charge is 0.400 e. The van der Waals surface area contributed by atoms with Gasteiger partial charge in [0.2, 0.25) is 0 Å². The first-order valence-electron chi connectivity index (χ1n) is 12.1. The van der Waals surface area contributed by atoms with Crippen molar-refractivity contribution in [3.63, 3.8) is 0 Å². The Labute approximate surface area is 201 Å². The number of benzene rings is 1. The van der Waals surface area contributed by atoms with Crippen LogP contribution in [0.25, 0.3) is 5.57 Å². The lowest BCUT2D eigenvalue weighted by atomic mass is 9.98. The SMILES string of the molecule is C=C/C(=C\C=C(/C)c1ccc(CN2CCCN(C)CC2)cc1C#N)CN1CCC(C)C1.CO. The minimum atomic E-state index is 0.764. The number of likely N-dealkylation sites (tertiary alicyclic amines) is 1. The van der Waals surface area contributed by atoms with Crippen molar-refractivity contribution >= 4 is 5.57 Å². The number of rotatable bonds is 7. The van der Waals surface area contributed by atoms with E-state index in [2.05, 4.69) is 78.6 Å². The number of aliphatic hydroxyl groups is 1. The van der Waals surface area contributed by atoms with E-state index in [1.807, 2.05) is 6.08 Å². The smallest absolute Gasteiger partial charge is 0.0998 e. The van der Waals surface area contributed by atoms with E-state index in [1.54, 1.807) is 0 Å². The van der Waals surface area contributed by atoms with Gasteiger partial charge in [-0.2, -0.15) is 5.26 Å². The molecule has 0 amide bonds. The Morgan fingerprint density at radius 2 is 1.94 bits per heavy atom. The van der Waals surface area contributed by atoms with E-state index >= 15 is 0 Å². The predicted octanol–water partition coefficient (Wildman–Crippen LogP) is 4.16. The van der Waals surface area contributed by atoms with Crippen molar-refractivity contribution in [2.45, 2.75) is 33.2 Å². The van der Waals surface area contributed by atoms with Crippen LogP contribution in [0.5, 0.6) is 0 Å². The topological polar surface area (TPSA) is 53.7 Å². The van der Waals surface area contributed by atoms with Gasteiger partial charge in [0, 0.05) is 39.8 Å². The summed E-state index contributed by atoms with van der Waals surface area (Å²) in [5, 5.41) is 16.8. The monoisotopic (exact) mass is 450 g/mol. The number of allylic oxidation sites excluding steroid dienone is 3. The Bertz CT molecular complexity index is 867. The van der Waals surface area contributed by atoms with Gasteiger partial charge in [0.1, 0.15) is 0 Å². The van der Waals surface area contributed by atoms with Gasteiger partial charge in [0.05, 0.1) is 11.6 Å². The lowest BCUT2D eigenvalue weighted by Gasteiger charge is -2.20. The first kappa shape index (κ1) is 27.0. The molecule has 0 bridgehead atoms. The zero-order valence-corrected chi connectivity index (χ0v) is 21.1. The van der Waals surface area contributed by atoms with Crippen molar-refractivity contribution in [1.29, 1.82) is 5.26 Å². The third-order valence-corrected chi connectivity index (χ3v) is 6.57. The van der Waals surface area contributed by atoms with Crippen molar-refractivity contribution in [2.75, 3.05) is 60.0 Å². The molecule has 5 nitrogen and oxygen atoms in total. The number of likely N-dealkylation sites (N-methyl/N-ethyl adjacent to an activating group) is 1. The van der Waals surface area contributed by atoms with E-state index < -0.39 is 0 Å². The fraction of sp³-hybridized carbons (Fsp3) is 0.536. The Morgan fingerprint density at radius 3 is 2.61 bits per heavy atom. The molecule has 5 heteroatoms. The summed E-state index contributed by atoms with van der Waals surface area (Å²) in [5.74, 6) is 0.787. The van der Waals surface area contributed by atoms with E-state index in [9.17, 15) is 5.26 Å². The van der Waals surface area contributed by atoms with Crippen LogP contribution in [0.15, 0.2) is 48.6 Å². The summed E-state index contributed by atoms with van der Waals surface area (Å²) < 4.78 is 0. The second-order valence-corrected chi connectivity index (χ2v) is 9.35. The predicted molar refractivity (Wildman–Crippen MR) is 139 cm³/mol. The van der Waals surface area contributed by atoms with Gasteiger partial charge in [-0.15, -0.1) is 0 Å². The van der Waals surface area contributed by atoms with E-state index in [1.165, 1.54) is 43.6 Å². The summed E-state index contributed by atoms with van der Waals surface area (Å²) in [5.41, 5.74) is 5.36. The molecule has 1 atom stereocenters. The van der Waals surface area contributed by atoms with Crippen LogP contribution < -0.4 is 0 Å². The van der Waals surface area contributed by atoms with Crippen molar-refractivity contribution in [3.8, 4) is 6.07 Å². The molecule has 0 saturated carbocycles. The van der Waals surface area contributed by atoms with Gasteiger partial charge < -0.3 is 10.0 Å². The summed E-state index contributed by atoms with van der Waals surface area (Å²) in [6.45, 7) is 17.1. The normalized spacial score (nSPS) is 21.2. The van der Waals surface area contributed by atoms with Crippen LogP contribution in [0, 0.1) is 17.2 Å². The van der Waals surface area contributed by atoms with Gasteiger partial charge in [0.25, 0.3) is 0 Å². The second-order valence-electron chi connectivity index (χ2n) is 9.35. The summed E-state index contributed by atoms with van der Waals surface area (Å²) in [6, 6.07) is 8.80. The molecule has 1 N–H and O–H groups in total. The molecule has 0 spiro atoms. The summed E-state index contributed by atoms with van der Waals surface area (Å²) in [7, 11) is 3.19. The van der Waals surface area contributed by atoms with Crippen LogP contribution in [-0.2, 0) is 6.54 Å². The number of nitrogens with zero attached hydrogens (tertiary/aromatic N) is 4. The van der Waals surface area contributed by atoms with Gasteiger partial charge in [-0.25, -0.2) is 0 Å². The minimum Gasteiger partial charge on any atom is -0.400 e. The van der Waals surface area contributed by atoms with E-state index in [-0.39, 0.29) is 0 Å². The summed E-state index contributed by atoms with van der Waals surface area (Å²) in [4.78, 5) is 7.39. The van der Waals surface area contributed by atoms with Gasteiger partial charge in [-0.1, -0.05) is 43.9 Å². The molecule has 180 valence electrons. The molecule has 1 unspecified atom stereocenters. The standard InChI is InChI=1S/C27H38N4.CH4O/c1-5-24(20-31-14-11-22(2)19-31)8-7-23(3)27-10-9-25(17-26(27)18-28)21-30-13-6-12-29(4)15-16-30;1-2/h5,7-10,17,22H,1,6,11-16,19-21H2,2-4H3;2H,1H3/b23-7+,24-8+;. The molecule has 1 aromatic carbocycles. The molecule has 2 aliphatic rings. The highest BCUT2D eigenvalue weighted by atomic mass is 16.2. The molecule has 2 fully saturated rings. The Balaban J connectivity index is 0.00000187. The molecule has 1 aromatic rings. The van der Waals surface area contributed by atoms with Crippen LogP contribution in [0.4, 0.5) is 0 Å². The van der Waals surface area contributed by atoms with Gasteiger partial charge in [0.15, 0.2) is 0 Å². The van der Waals surface area contributed by atoms with Crippen molar-refractivity contribution in [2.24, 2.45) is 5.92 Å². The number of hydrogen-bond acceptors (Lipinski definition) is 5. The van der Waals surface area contributed by atoms with Gasteiger partial charge in [-0.05, 0) is 80.7 Å². The zero-order valence-electron chi connectivity index (χ0n) is 21.1. The van der Waals surface area contributed by atoms with Crippen molar-refractivity contribution in [3.05, 3.63) is 65.3 Å². The molecule has 0 aromatic heterocycles. The maximum Gasteiger partial charge on any atom is 0.0998 e. The molecule has 2 aliphatic heterocycles. The first-order valence-corrected chi connectivity index (χ1v) is 12.1. The fourth-order valence-electron chi connectivity index (χ4n) is 4.58. The maximum atomic E-state index is 9.78. The average molecular weight is 451 g/mol. The Morgan fingerprint density at radius 1 is 1.15 bits per heavy atom. The average Bonchev–Trinajstić information content (AvgIpc) is 3.13. The van der Waals surface area contributed by atoms with Crippen LogP contribution in [0.3, 0.4) is 0 Å². The fourth-order valence-corrected chi connectivity index (χ4v) is 4.58. The Kier molecular flexibility index (Phi) is 11.6. The van der Waals surface area contributed by atoms with Crippen LogP contribution >= 0.6 is 0 Å². The first-order chi connectivity index (χ1) is 16.0. The third kappa shape index (κ3) is 8.57. The lowest BCUT2D eigenvalue weighted by molar-refractivity contribution is 0.269. The zero-order chi connectivity index (χ0) is 24.2. The highest BCUT2D eigenvalue weighted by Crippen LogP contribution is 2.22. The Hall–Kier alpha value is -2.23. The number of hydrogen-bond donors (Lipinski definition) is 1. The summed E-state index contributed by atoms with van der Waals surface area (Å²) >= 11 is 0. The highest BCUT2D eigenvalue weighted by molar-refractivity contribution is 5.70. The molecular formula is C28H42N4O. The quantitative estimate of drug-likeness (QED) is 0.632. The van der Waals surface area contributed by atoms with E-state index in [0.717, 1.165) is 62.5 Å². The molecule has 0 radical (unpaired) electrons. The molecular weight excluding hydrogens is 408 g/mol. The van der Waals surface area contributed by atoms with Crippen LogP contribution in [0.1, 0.15) is 43.4 Å². The molecule has 2 heterocycles. The molecule has 33 heavy (non-hydrogen) atoms. The summed E-state index contributed by atoms with van der Waals surface area (Å²) in [6.07, 6.45) is 8.74. The van der Waals surface area contributed by atoms with Gasteiger partial charge >= 0.3 is 0 Å². The molecule has 0 aliphatic carbocycles. The second kappa shape index (κ2) is 14.1. The number of aliphatic hydroxyl groups excluding tert-OH is 1. The lowest BCUT2D eigenvalue weighted by Crippen LogP contribution is -2.28. The minimum absolute atomic E-state index is 0.764. The third-order valence-electron chi connectivity index (χ3n) is 6.57. The van der Waals surface area contributed by atoms with Crippen molar-refractivity contribution < 1.29 is 5.11 Å². The molecule has 2 saturated heterocycles. The van der Waals surface area contributed by atoms with E-state index in [4.69, 9.17) is 5.11 Å². The van der Waals surface area contributed by atoms with Crippen LogP contribution in [-0.4, -0.2) is 79.8 Å². The number of nitriles is 1. The van der Waals surface area contributed by atoms with Crippen LogP contribution in [0.2, 0.25) is 0 Å².